The number of nitrogens with zero attached hydrogens (tertiary/aromatic N) is 2. The Kier molecular flexibility index (Phi) is 8.57. The van der Waals surface area contributed by atoms with Gasteiger partial charge in [-0.1, -0.05) is 36.4 Å². The molecule has 9 heteroatoms. The van der Waals surface area contributed by atoms with Crippen molar-refractivity contribution in [3.63, 3.8) is 0 Å². The molecule has 0 aromatic heterocycles. The van der Waals surface area contributed by atoms with Crippen molar-refractivity contribution in [2.45, 2.75) is 32.8 Å². The van der Waals surface area contributed by atoms with Crippen LogP contribution in [0.1, 0.15) is 37.3 Å². The summed E-state index contributed by atoms with van der Waals surface area (Å²) in [5, 5.41) is 1.88. The van der Waals surface area contributed by atoms with Crippen LogP contribution >= 0.6 is 27.7 Å². The molecule has 3 aromatic carbocycles. The van der Waals surface area contributed by atoms with Crippen molar-refractivity contribution < 1.29 is 23.9 Å². The minimum absolute atomic E-state index is 0.187. The molecule has 39 heavy (non-hydrogen) atoms. The van der Waals surface area contributed by atoms with Crippen molar-refractivity contribution in [2.75, 3.05) is 26.2 Å². The molecule has 2 fully saturated rings. The molecule has 0 aliphatic carbocycles. The highest BCUT2D eigenvalue weighted by Crippen LogP contribution is 2.40. The van der Waals surface area contributed by atoms with E-state index in [2.05, 4.69) is 40.2 Å². The predicted octanol–water partition coefficient (Wildman–Crippen LogP) is 6.63. The summed E-state index contributed by atoms with van der Waals surface area (Å²) in [6, 6.07) is 18.0. The summed E-state index contributed by atoms with van der Waals surface area (Å²) < 4.78 is 12.7. The largest absolute Gasteiger partial charge is 0.490 e. The second-order valence-corrected chi connectivity index (χ2v) is 11.3. The second kappa shape index (κ2) is 12.3. The first-order valence-electron chi connectivity index (χ1n) is 13.0. The summed E-state index contributed by atoms with van der Waals surface area (Å²) in [6.45, 7) is 3.79. The highest BCUT2D eigenvalue weighted by Gasteiger charge is 2.37. The van der Waals surface area contributed by atoms with Gasteiger partial charge in [0.15, 0.2) is 11.5 Å². The van der Waals surface area contributed by atoms with Crippen molar-refractivity contribution in [1.82, 2.24) is 9.80 Å². The molecule has 5 rings (SSSR count). The molecule has 0 spiro atoms. The average Bonchev–Trinajstić information content (AvgIpc) is 3.20. The fraction of sp³-hybridized carbons (Fsp3) is 0.300. The van der Waals surface area contributed by atoms with Crippen LogP contribution < -0.4 is 9.47 Å². The van der Waals surface area contributed by atoms with Crippen molar-refractivity contribution in [3.8, 4) is 11.5 Å². The van der Waals surface area contributed by atoms with E-state index in [0.717, 1.165) is 46.9 Å². The number of likely N-dealkylation sites (tertiary alicyclic amines) is 1. The van der Waals surface area contributed by atoms with E-state index in [-0.39, 0.29) is 17.4 Å². The van der Waals surface area contributed by atoms with Gasteiger partial charge in [0.1, 0.15) is 13.2 Å². The Morgan fingerprint density at radius 1 is 1.00 bits per heavy atom. The summed E-state index contributed by atoms with van der Waals surface area (Å²) in [4.78, 5) is 41.3. The Morgan fingerprint density at radius 2 is 1.77 bits per heavy atom. The lowest BCUT2D eigenvalue weighted by molar-refractivity contribution is -0.136. The third-order valence-corrected chi connectivity index (χ3v) is 8.20. The smallest absolute Gasteiger partial charge is 0.294 e. The van der Waals surface area contributed by atoms with Crippen LogP contribution in [0, 0.1) is 0 Å². The van der Waals surface area contributed by atoms with Crippen molar-refractivity contribution in [3.05, 3.63) is 75.1 Å². The van der Waals surface area contributed by atoms with Crippen LogP contribution in [0.25, 0.3) is 16.8 Å². The van der Waals surface area contributed by atoms with Crippen LogP contribution in [0.3, 0.4) is 0 Å². The lowest BCUT2D eigenvalue weighted by Gasteiger charge is -2.27. The van der Waals surface area contributed by atoms with Crippen molar-refractivity contribution >= 4 is 61.6 Å². The first-order valence-corrected chi connectivity index (χ1v) is 14.6. The van der Waals surface area contributed by atoms with Gasteiger partial charge in [-0.05, 0) is 100 Å². The molecule has 0 saturated carbocycles. The van der Waals surface area contributed by atoms with Gasteiger partial charge in [-0.25, -0.2) is 0 Å². The van der Waals surface area contributed by atoms with E-state index in [4.69, 9.17) is 9.47 Å². The van der Waals surface area contributed by atoms with Crippen LogP contribution in [0.5, 0.6) is 11.5 Å². The standard InChI is InChI=1S/C30H29BrN2O5S/c1-2-37-25-16-21(15-24(31)28(25)38-19-20-10-11-22-8-4-5-9-23(22)14-20)17-26-29(35)33(30(36)39-26)18-27(34)32-12-6-3-7-13-32/h4-5,8-11,14-17H,2-3,6-7,12-13,18-19H2,1H3/b26-17-. The Labute approximate surface area is 240 Å². The lowest BCUT2D eigenvalue weighted by atomic mass is 10.1. The number of carbonyl (C=O) groups is 3. The molecule has 2 aliphatic heterocycles. The van der Waals surface area contributed by atoms with E-state index < -0.39 is 11.1 Å². The number of hydrogen-bond donors (Lipinski definition) is 0. The van der Waals surface area contributed by atoms with E-state index in [1.807, 2.05) is 31.2 Å². The molecule has 3 amide bonds. The van der Waals surface area contributed by atoms with E-state index in [1.54, 1.807) is 17.0 Å². The number of ether oxygens (including phenoxy) is 2. The lowest BCUT2D eigenvalue weighted by Crippen LogP contribution is -2.44. The number of rotatable bonds is 8. The number of carbonyl (C=O) groups excluding carboxylic acids is 3. The summed E-state index contributed by atoms with van der Waals surface area (Å²) in [7, 11) is 0. The molecular weight excluding hydrogens is 580 g/mol. The van der Waals surface area contributed by atoms with Crippen molar-refractivity contribution in [1.29, 1.82) is 0 Å². The number of amides is 3. The van der Waals surface area contributed by atoms with Crippen LogP contribution in [-0.4, -0.2) is 53.1 Å². The number of benzene rings is 3. The number of thioether (sulfide) groups is 1. The van der Waals surface area contributed by atoms with E-state index in [1.165, 1.54) is 5.39 Å². The predicted molar refractivity (Wildman–Crippen MR) is 157 cm³/mol. The number of halogens is 1. The summed E-state index contributed by atoms with van der Waals surface area (Å²) in [5.41, 5.74) is 1.70. The SMILES string of the molecule is CCOc1cc(/C=C2\SC(=O)N(CC(=O)N3CCCCC3)C2=O)cc(Br)c1OCc1ccc2ccccc2c1. The summed E-state index contributed by atoms with van der Waals surface area (Å²) >= 11 is 4.44. The number of fused-ring (bicyclic) bond motifs is 1. The molecule has 0 bridgehead atoms. The van der Waals surface area contributed by atoms with Gasteiger partial charge in [-0.2, -0.15) is 0 Å². The van der Waals surface area contributed by atoms with Gasteiger partial charge in [0.05, 0.1) is 16.0 Å². The maximum atomic E-state index is 13.0. The third kappa shape index (κ3) is 6.31. The molecule has 0 atom stereocenters. The Bertz CT molecular complexity index is 1450. The highest BCUT2D eigenvalue weighted by atomic mass is 79.9. The Balaban J connectivity index is 1.32. The monoisotopic (exact) mass is 608 g/mol. The molecule has 0 unspecified atom stereocenters. The molecular formula is C30H29BrN2O5S. The minimum atomic E-state index is -0.457. The fourth-order valence-electron chi connectivity index (χ4n) is 4.72. The molecule has 2 saturated heterocycles. The van der Waals surface area contributed by atoms with Gasteiger partial charge in [-0.3, -0.25) is 19.3 Å². The maximum Gasteiger partial charge on any atom is 0.294 e. The molecule has 2 aliphatic rings. The summed E-state index contributed by atoms with van der Waals surface area (Å²) in [6.07, 6.45) is 4.65. The zero-order chi connectivity index (χ0) is 27.4. The quantitative estimate of drug-likeness (QED) is 0.267. The molecule has 202 valence electrons. The minimum Gasteiger partial charge on any atom is -0.490 e. The van der Waals surface area contributed by atoms with Crippen LogP contribution in [0.4, 0.5) is 4.79 Å². The van der Waals surface area contributed by atoms with Crippen LogP contribution in [-0.2, 0) is 16.2 Å². The number of imide groups is 1. The van der Waals surface area contributed by atoms with Gasteiger partial charge >= 0.3 is 0 Å². The zero-order valence-corrected chi connectivity index (χ0v) is 24.1. The molecule has 2 heterocycles. The van der Waals surface area contributed by atoms with Gasteiger partial charge in [0.25, 0.3) is 11.1 Å². The first-order chi connectivity index (χ1) is 18.9. The molecule has 0 radical (unpaired) electrons. The zero-order valence-electron chi connectivity index (χ0n) is 21.7. The molecule has 0 N–H and O–H groups in total. The first kappa shape index (κ1) is 27.3. The fourth-order valence-corrected chi connectivity index (χ4v) is 6.14. The van der Waals surface area contributed by atoms with E-state index in [0.29, 0.717) is 47.8 Å². The third-order valence-electron chi connectivity index (χ3n) is 6.70. The molecule has 7 nitrogen and oxygen atoms in total. The van der Waals surface area contributed by atoms with Gasteiger partial charge in [0.2, 0.25) is 5.91 Å². The van der Waals surface area contributed by atoms with Crippen LogP contribution in [0.15, 0.2) is 64.0 Å². The van der Waals surface area contributed by atoms with E-state index >= 15 is 0 Å². The van der Waals surface area contributed by atoms with Gasteiger partial charge in [0, 0.05) is 13.1 Å². The van der Waals surface area contributed by atoms with E-state index in [9.17, 15) is 14.4 Å². The van der Waals surface area contributed by atoms with Crippen molar-refractivity contribution in [2.24, 2.45) is 0 Å². The average molecular weight is 610 g/mol. The normalized spacial score (nSPS) is 16.8. The van der Waals surface area contributed by atoms with Gasteiger partial charge < -0.3 is 14.4 Å². The highest BCUT2D eigenvalue weighted by molar-refractivity contribution is 9.10. The second-order valence-electron chi connectivity index (χ2n) is 9.44. The topological polar surface area (TPSA) is 76.2 Å². The molecule has 3 aromatic rings. The van der Waals surface area contributed by atoms with Crippen LogP contribution in [0.2, 0.25) is 0 Å². The van der Waals surface area contributed by atoms with Gasteiger partial charge in [-0.15, -0.1) is 0 Å². The summed E-state index contributed by atoms with van der Waals surface area (Å²) in [5.74, 6) is 0.439. The Morgan fingerprint density at radius 3 is 2.54 bits per heavy atom. The number of piperidine rings is 1. The Hall–Kier alpha value is -3.30. The number of hydrogen-bond acceptors (Lipinski definition) is 6. The maximum absolute atomic E-state index is 13.0.